The molecule has 0 aliphatic heterocycles. The van der Waals surface area contributed by atoms with Crippen LogP contribution >= 0.6 is 0 Å². The summed E-state index contributed by atoms with van der Waals surface area (Å²) in [6.45, 7) is 9.90. The van der Waals surface area contributed by atoms with Gasteiger partial charge in [-0.05, 0) is 46.1 Å². The molecule has 1 saturated carbocycles. The molecule has 1 aromatic rings. The molecule has 2 rings (SSSR count). The second kappa shape index (κ2) is 6.84. The molecule has 0 heterocycles. The van der Waals surface area contributed by atoms with Gasteiger partial charge in [0.05, 0.1) is 11.5 Å². The smallest absolute Gasteiger partial charge is 0.410 e. The Kier molecular flexibility index (Phi) is 5.22. The predicted octanol–water partition coefficient (Wildman–Crippen LogP) is 4.72. The van der Waals surface area contributed by atoms with Gasteiger partial charge in [-0.3, -0.25) is 0 Å². The number of carbonyl (C=O) groups excluding carboxylic acids is 1. The van der Waals surface area contributed by atoms with E-state index in [0.29, 0.717) is 18.9 Å². The quantitative estimate of drug-likeness (QED) is 0.786. The van der Waals surface area contributed by atoms with E-state index in [2.05, 4.69) is 18.2 Å². The zero-order valence-corrected chi connectivity index (χ0v) is 15.4. The second-order valence-electron chi connectivity index (χ2n) is 7.95. The normalized spacial score (nSPS) is 22.2. The molecule has 1 aliphatic rings. The monoisotopic (exact) mass is 328 g/mol. The molecule has 24 heavy (non-hydrogen) atoms. The van der Waals surface area contributed by atoms with Crippen LogP contribution in [-0.4, -0.2) is 29.2 Å². The molecule has 0 saturated heterocycles. The molecule has 0 aromatic heterocycles. The minimum Gasteiger partial charge on any atom is -0.444 e. The number of benzene rings is 1. The van der Waals surface area contributed by atoms with Gasteiger partial charge in [0, 0.05) is 18.5 Å². The second-order valence-corrected chi connectivity index (χ2v) is 7.95. The highest BCUT2D eigenvalue weighted by Crippen LogP contribution is 2.46. The van der Waals surface area contributed by atoms with E-state index in [1.807, 2.05) is 52.8 Å². The standard InChI is InChI=1S/C20H28N2O2/c1-6-20(5,13-21)14-22(18(23)24-19(2,3)4)17-12-16(17)15-10-8-7-9-11-15/h7-11,16-17H,6,12,14H2,1-5H3/t16-,17+,20-/m0/s1. The minimum absolute atomic E-state index is 0.112. The minimum atomic E-state index is -0.555. The van der Waals surface area contributed by atoms with Gasteiger partial charge < -0.3 is 9.64 Å². The van der Waals surface area contributed by atoms with Crippen molar-refractivity contribution in [2.24, 2.45) is 5.41 Å². The van der Waals surface area contributed by atoms with E-state index in [1.54, 1.807) is 4.90 Å². The van der Waals surface area contributed by atoms with Gasteiger partial charge in [-0.15, -0.1) is 0 Å². The summed E-state index contributed by atoms with van der Waals surface area (Å²) in [5.41, 5.74) is 0.147. The highest BCUT2D eigenvalue weighted by Gasteiger charge is 2.47. The van der Waals surface area contributed by atoms with Crippen LogP contribution in [0, 0.1) is 16.7 Å². The van der Waals surface area contributed by atoms with Crippen LogP contribution in [0.1, 0.15) is 58.9 Å². The number of hydrogen-bond donors (Lipinski definition) is 0. The van der Waals surface area contributed by atoms with Crippen molar-refractivity contribution in [3.8, 4) is 6.07 Å². The number of ether oxygens (including phenoxy) is 1. The van der Waals surface area contributed by atoms with Crippen LogP contribution in [0.3, 0.4) is 0 Å². The summed E-state index contributed by atoms with van der Waals surface area (Å²) in [5, 5.41) is 9.50. The molecule has 1 aliphatic carbocycles. The van der Waals surface area contributed by atoms with Gasteiger partial charge >= 0.3 is 6.09 Å². The van der Waals surface area contributed by atoms with Gasteiger partial charge in [0.2, 0.25) is 0 Å². The maximum absolute atomic E-state index is 12.7. The fourth-order valence-corrected chi connectivity index (χ4v) is 2.82. The topological polar surface area (TPSA) is 53.3 Å². The van der Waals surface area contributed by atoms with Crippen molar-refractivity contribution in [2.45, 2.75) is 65.0 Å². The number of carbonyl (C=O) groups is 1. The van der Waals surface area contributed by atoms with E-state index < -0.39 is 11.0 Å². The first-order chi connectivity index (χ1) is 11.2. The predicted molar refractivity (Wildman–Crippen MR) is 94.5 cm³/mol. The van der Waals surface area contributed by atoms with Gasteiger partial charge in [-0.2, -0.15) is 5.26 Å². The average Bonchev–Trinajstić information content (AvgIpc) is 3.32. The molecule has 3 atom stereocenters. The Morgan fingerprint density at radius 3 is 2.42 bits per heavy atom. The molecule has 0 unspecified atom stereocenters. The Morgan fingerprint density at radius 1 is 1.29 bits per heavy atom. The van der Waals surface area contributed by atoms with Gasteiger partial charge in [-0.25, -0.2) is 4.79 Å². The van der Waals surface area contributed by atoms with E-state index >= 15 is 0 Å². The lowest BCUT2D eigenvalue weighted by atomic mass is 9.89. The first kappa shape index (κ1) is 18.3. The van der Waals surface area contributed by atoms with Crippen LogP contribution in [0.5, 0.6) is 0 Å². The third-order valence-corrected chi connectivity index (χ3v) is 4.58. The Balaban J connectivity index is 2.18. The van der Waals surface area contributed by atoms with Crippen molar-refractivity contribution in [2.75, 3.05) is 6.54 Å². The number of nitrogens with zero attached hydrogens (tertiary/aromatic N) is 2. The van der Waals surface area contributed by atoms with Crippen molar-refractivity contribution < 1.29 is 9.53 Å². The average molecular weight is 328 g/mol. The molecule has 130 valence electrons. The third-order valence-electron chi connectivity index (χ3n) is 4.58. The van der Waals surface area contributed by atoms with Gasteiger partial charge in [0.25, 0.3) is 0 Å². The van der Waals surface area contributed by atoms with Crippen LogP contribution in [-0.2, 0) is 4.74 Å². The summed E-state index contributed by atoms with van der Waals surface area (Å²) in [5.74, 6) is 0.332. The van der Waals surface area contributed by atoms with Gasteiger partial charge in [0.1, 0.15) is 5.60 Å². The van der Waals surface area contributed by atoms with Crippen LogP contribution in [0.25, 0.3) is 0 Å². The van der Waals surface area contributed by atoms with E-state index in [-0.39, 0.29) is 12.1 Å². The van der Waals surface area contributed by atoms with E-state index in [4.69, 9.17) is 4.74 Å². The van der Waals surface area contributed by atoms with Crippen LogP contribution in [0.2, 0.25) is 0 Å². The van der Waals surface area contributed by atoms with Crippen molar-refractivity contribution >= 4 is 6.09 Å². The molecule has 0 bridgehead atoms. The highest BCUT2D eigenvalue weighted by molar-refractivity contribution is 5.69. The largest absolute Gasteiger partial charge is 0.444 e. The first-order valence-corrected chi connectivity index (χ1v) is 8.65. The third kappa shape index (κ3) is 4.50. The summed E-state index contributed by atoms with van der Waals surface area (Å²) in [4.78, 5) is 14.5. The Labute approximate surface area is 145 Å². The molecular weight excluding hydrogens is 300 g/mol. The molecular formula is C20H28N2O2. The van der Waals surface area contributed by atoms with Crippen LogP contribution in [0.4, 0.5) is 4.79 Å². The summed E-state index contributed by atoms with van der Waals surface area (Å²) in [7, 11) is 0. The zero-order valence-electron chi connectivity index (χ0n) is 15.4. The van der Waals surface area contributed by atoms with E-state index in [1.165, 1.54) is 5.56 Å². The number of nitriles is 1. The van der Waals surface area contributed by atoms with Crippen molar-refractivity contribution in [1.82, 2.24) is 4.90 Å². The molecule has 1 amide bonds. The lowest BCUT2D eigenvalue weighted by Gasteiger charge is -2.32. The van der Waals surface area contributed by atoms with Gasteiger partial charge in [0.15, 0.2) is 0 Å². The van der Waals surface area contributed by atoms with E-state index in [9.17, 15) is 10.1 Å². The lowest BCUT2D eigenvalue weighted by Crippen LogP contribution is -2.44. The van der Waals surface area contributed by atoms with Crippen molar-refractivity contribution in [3.63, 3.8) is 0 Å². The number of rotatable bonds is 5. The Hall–Kier alpha value is -2.02. The Morgan fingerprint density at radius 2 is 1.92 bits per heavy atom. The molecule has 0 radical (unpaired) electrons. The maximum atomic E-state index is 12.7. The molecule has 1 fully saturated rings. The van der Waals surface area contributed by atoms with Crippen molar-refractivity contribution in [3.05, 3.63) is 35.9 Å². The summed E-state index contributed by atoms with van der Waals surface area (Å²) < 4.78 is 5.60. The van der Waals surface area contributed by atoms with E-state index in [0.717, 1.165) is 6.42 Å². The van der Waals surface area contributed by atoms with Crippen molar-refractivity contribution in [1.29, 1.82) is 5.26 Å². The SMILES string of the molecule is CC[C@@](C)(C#N)CN(C(=O)OC(C)(C)C)[C@@H]1C[C@H]1c1ccccc1. The molecule has 1 aromatic carbocycles. The van der Waals surface area contributed by atoms with Gasteiger partial charge in [-0.1, -0.05) is 37.3 Å². The summed E-state index contributed by atoms with van der Waals surface area (Å²) >= 11 is 0. The lowest BCUT2D eigenvalue weighted by molar-refractivity contribution is 0.0173. The Bertz CT molecular complexity index is 615. The number of amides is 1. The first-order valence-electron chi connectivity index (χ1n) is 8.65. The fraction of sp³-hybridized carbons (Fsp3) is 0.600. The summed E-state index contributed by atoms with van der Waals surface area (Å²) in [6.07, 6.45) is 1.31. The molecule has 4 heteroatoms. The summed E-state index contributed by atoms with van der Waals surface area (Å²) in [6, 6.07) is 12.7. The van der Waals surface area contributed by atoms with Crippen LogP contribution in [0.15, 0.2) is 30.3 Å². The molecule has 0 N–H and O–H groups in total. The highest BCUT2D eigenvalue weighted by atomic mass is 16.6. The van der Waals surface area contributed by atoms with Crippen LogP contribution < -0.4 is 0 Å². The maximum Gasteiger partial charge on any atom is 0.410 e. The number of hydrogen-bond acceptors (Lipinski definition) is 3. The zero-order chi connectivity index (χ0) is 18.0. The molecule has 0 spiro atoms. The fourth-order valence-electron chi connectivity index (χ4n) is 2.82. The molecule has 4 nitrogen and oxygen atoms in total.